The molecule has 0 aromatic carbocycles. The van der Waals surface area contributed by atoms with Crippen LogP contribution >= 0.6 is 11.3 Å². The van der Waals surface area contributed by atoms with Crippen molar-refractivity contribution in [3.63, 3.8) is 0 Å². The highest BCUT2D eigenvalue weighted by Gasteiger charge is 2.14. The highest BCUT2D eigenvalue weighted by Crippen LogP contribution is 2.17. The van der Waals surface area contributed by atoms with Crippen molar-refractivity contribution in [2.75, 3.05) is 5.73 Å². The molecule has 0 saturated heterocycles. The first kappa shape index (κ1) is 8.70. The summed E-state index contributed by atoms with van der Waals surface area (Å²) in [6.45, 7) is 0. The fourth-order valence-corrected chi connectivity index (χ4v) is 1.66. The molecule has 1 amide bonds. The highest BCUT2D eigenvalue weighted by molar-refractivity contribution is 7.12. The van der Waals surface area contributed by atoms with Gasteiger partial charge in [0.05, 0.1) is 0 Å². The van der Waals surface area contributed by atoms with Crippen LogP contribution in [0.1, 0.15) is 10.5 Å². The zero-order valence-corrected chi connectivity index (χ0v) is 7.86. The van der Waals surface area contributed by atoms with Crippen LogP contribution in [-0.2, 0) is 0 Å². The minimum atomic E-state index is -0.641. The van der Waals surface area contributed by atoms with E-state index in [-0.39, 0.29) is 11.5 Å². The lowest BCUT2D eigenvalue weighted by molar-refractivity contribution is 0.0997. The zero-order chi connectivity index (χ0) is 10.1. The second kappa shape index (κ2) is 3.11. The number of thiazole rings is 1. The van der Waals surface area contributed by atoms with Crippen molar-refractivity contribution >= 4 is 23.1 Å². The van der Waals surface area contributed by atoms with Gasteiger partial charge in [-0.05, 0) is 0 Å². The highest BCUT2D eigenvalue weighted by atomic mass is 32.1. The number of aromatic nitrogens is 3. The summed E-state index contributed by atoms with van der Waals surface area (Å²) in [7, 11) is 0. The van der Waals surface area contributed by atoms with Crippen molar-refractivity contribution in [2.24, 2.45) is 5.73 Å². The van der Waals surface area contributed by atoms with E-state index in [9.17, 15) is 4.79 Å². The average Bonchev–Trinajstić information content (AvgIpc) is 2.71. The van der Waals surface area contributed by atoms with E-state index in [1.807, 2.05) is 0 Å². The lowest BCUT2D eigenvalue weighted by Crippen LogP contribution is -2.14. The van der Waals surface area contributed by atoms with E-state index in [0.717, 1.165) is 0 Å². The molecule has 0 fully saturated rings. The Kier molecular flexibility index (Phi) is 1.93. The van der Waals surface area contributed by atoms with E-state index < -0.39 is 5.91 Å². The topological polar surface area (TPSA) is 99.8 Å². The summed E-state index contributed by atoms with van der Waals surface area (Å²) in [5, 5.41) is 2.46. The molecule has 0 spiro atoms. The van der Waals surface area contributed by atoms with Crippen LogP contribution in [-0.4, -0.2) is 20.4 Å². The summed E-state index contributed by atoms with van der Waals surface area (Å²) in [6, 6.07) is 0. The van der Waals surface area contributed by atoms with E-state index in [1.165, 1.54) is 22.2 Å². The Balaban J connectivity index is 2.52. The van der Waals surface area contributed by atoms with Crippen LogP contribution in [0.25, 0.3) is 5.13 Å². The van der Waals surface area contributed by atoms with Gasteiger partial charge in [-0.25, -0.2) is 9.97 Å². The van der Waals surface area contributed by atoms with E-state index in [1.54, 1.807) is 11.6 Å². The Hall–Kier alpha value is -1.89. The number of rotatable bonds is 2. The number of carbonyl (C=O) groups is 1. The number of anilines is 1. The normalized spacial score (nSPS) is 10.3. The number of primary amides is 1. The van der Waals surface area contributed by atoms with Gasteiger partial charge in [-0.1, -0.05) is 0 Å². The number of hydrogen-bond acceptors (Lipinski definition) is 5. The molecule has 6 nitrogen and oxygen atoms in total. The standard InChI is InChI=1S/C7H7N5OS/c8-5-4(6(9)13)11-3-12(5)7-10-1-2-14-7/h1-3H,8H2,(H2,9,13). The molecule has 0 bridgehead atoms. The van der Waals surface area contributed by atoms with Crippen molar-refractivity contribution in [2.45, 2.75) is 0 Å². The molecule has 0 aliphatic heterocycles. The first-order chi connectivity index (χ1) is 6.70. The van der Waals surface area contributed by atoms with Gasteiger partial charge in [0.1, 0.15) is 12.1 Å². The molecule has 0 atom stereocenters. The molecular formula is C7H7N5OS. The van der Waals surface area contributed by atoms with Crippen LogP contribution < -0.4 is 11.5 Å². The maximum atomic E-state index is 10.9. The van der Waals surface area contributed by atoms with Gasteiger partial charge in [-0.2, -0.15) is 0 Å². The molecule has 14 heavy (non-hydrogen) atoms. The maximum absolute atomic E-state index is 10.9. The number of nitrogen functional groups attached to an aromatic ring is 1. The predicted molar refractivity (Wildman–Crippen MR) is 52.2 cm³/mol. The van der Waals surface area contributed by atoms with Gasteiger partial charge in [0.15, 0.2) is 10.8 Å². The van der Waals surface area contributed by atoms with Crippen LogP contribution in [0, 0.1) is 0 Å². The molecule has 7 heteroatoms. The number of hydrogen-bond donors (Lipinski definition) is 2. The Morgan fingerprint density at radius 2 is 2.29 bits per heavy atom. The fourth-order valence-electron chi connectivity index (χ4n) is 1.04. The number of imidazole rings is 1. The van der Waals surface area contributed by atoms with E-state index >= 15 is 0 Å². The molecule has 72 valence electrons. The van der Waals surface area contributed by atoms with Crippen molar-refractivity contribution in [3.8, 4) is 5.13 Å². The number of nitrogens with zero attached hydrogens (tertiary/aromatic N) is 3. The Morgan fingerprint density at radius 3 is 2.79 bits per heavy atom. The van der Waals surface area contributed by atoms with Crippen molar-refractivity contribution < 1.29 is 4.79 Å². The molecule has 2 heterocycles. The molecule has 0 saturated carbocycles. The van der Waals surface area contributed by atoms with Gasteiger partial charge >= 0.3 is 0 Å². The Labute approximate surface area is 83.2 Å². The number of amides is 1. The summed E-state index contributed by atoms with van der Waals surface area (Å²) in [5.74, 6) is -0.426. The number of carbonyl (C=O) groups excluding carboxylic acids is 1. The fraction of sp³-hybridized carbons (Fsp3) is 0. The monoisotopic (exact) mass is 209 g/mol. The van der Waals surface area contributed by atoms with Crippen LogP contribution in [0.2, 0.25) is 0 Å². The third kappa shape index (κ3) is 1.23. The van der Waals surface area contributed by atoms with Gasteiger partial charge in [0, 0.05) is 11.6 Å². The van der Waals surface area contributed by atoms with Gasteiger partial charge in [-0.3, -0.25) is 9.36 Å². The third-order valence-electron chi connectivity index (χ3n) is 1.66. The molecule has 0 unspecified atom stereocenters. The predicted octanol–water partition coefficient (Wildman–Crippen LogP) is 0.00990. The molecule has 4 N–H and O–H groups in total. The Bertz CT molecular complexity index is 460. The minimum absolute atomic E-state index is 0.0696. The first-order valence-corrected chi connectivity index (χ1v) is 4.60. The summed E-state index contributed by atoms with van der Waals surface area (Å²) in [4.78, 5) is 18.7. The number of nitrogens with two attached hydrogens (primary N) is 2. The molecule has 2 aromatic heterocycles. The van der Waals surface area contributed by atoms with Gasteiger partial charge < -0.3 is 11.5 Å². The SMILES string of the molecule is NC(=O)c1ncn(-c2nccs2)c1N. The van der Waals surface area contributed by atoms with Crippen LogP contribution in [0.5, 0.6) is 0 Å². The molecule has 0 aliphatic carbocycles. The summed E-state index contributed by atoms with van der Waals surface area (Å²) >= 11 is 1.39. The van der Waals surface area contributed by atoms with Crippen molar-refractivity contribution in [1.29, 1.82) is 0 Å². The van der Waals surface area contributed by atoms with Crippen LogP contribution in [0.3, 0.4) is 0 Å². The average molecular weight is 209 g/mol. The van der Waals surface area contributed by atoms with Gasteiger partial charge in [-0.15, -0.1) is 11.3 Å². The Morgan fingerprint density at radius 1 is 1.50 bits per heavy atom. The summed E-state index contributed by atoms with van der Waals surface area (Å²) < 4.78 is 1.52. The molecule has 0 aliphatic rings. The van der Waals surface area contributed by atoms with Gasteiger partial charge in [0.2, 0.25) is 0 Å². The summed E-state index contributed by atoms with van der Waals surface area (Å²) in [5.41, 5.74) is 10.8. The van der Waals surface area contributed by atoms with Crippen molar-refractivity contribution in [1.82, 2.24) is 14.5 Å². The maximum Gasteiger partial charge on any atom is 0.271 e. The van der Waals surface area contributed by atoms with Crippen LogP contribution in [0.4, 0.5) is 5.82 Å². The second-order valence-corrected chi connectivity index (χ2v) is 3.40. The van der Waals surface area contributed by atoms with Crippen molar-refractivity contribution in [3.05, 3.63) is 23.6 Å². The molecule has 2 rings (SSSR count). The largest absolute Gasteiger partial charge is 0.383 e. The second-order valence-electron chi connectivity index (χ2n) is 2.53. The lowest BCUT2D eigenvalue weighted by atomic mass is 10.4. The molecule has 0 radical (unpaired) electrons. The smallest absolute Gasteiger partial charge is 0.271 e. The van der Waals surface area contributed by atoms with E-state index in [2.05, 4.69) is 9.97 Å². The van der Waals surface area contributed by atoms with Crippen LogP contribution in [0.15, 0.2) is 17.9 Å². The van der Waals surface area contributed by atoms with E-state index in [0.29, 0.717) is 5.13 Å². The molecular weight excluding hydrogens is 202 g/mol. The van der Waals surface area contributed by atoms with E-state index in [4.69, 9.17) is 11.5 Å². The zero-order valence-electron chi connectivity index (χ0n) is 7.04. The summed E-state index contributed by atoms with van der Waals surface area (Å²) in [6.07, 6.45) is 3.07. The quantitative estimate of drug-likeness (QED) is 0.727. The lowest BCUT2D eigenvalue weighted by Gasteiger charge is -1.98. The molecule has 2 aromatic rings. The minimum Gasteiger partial charge on any atom is -0.383 e. The third-order valence-corrected chi connectivity index (χ3v) is 2.43. The van der Waals surface area contributed by atoms with Gasteiger partial charge in [0.25, 0.3) is 5.91 Å². The first-order valence-electron chi connectivity index (χ1n) is 3.72.